The molecule has 0 spiro atoms. The molecule has 20 heavy (non-hydrogen) atoms. The number of benzene rings is 1. The molecule has 1 fully saturated rings. The second-order valence-electron chi connectivity index (χ2n) is 5.55. The van der Waals surface area contributed by atoms with Gasteiger partial charge in [0.1, 0.15) is 0 Å². The SMILES string of the molecule is Cc1cccc(NC(=O)[C@H]2CC(C)C[C@H]2C(=O)O)c1Br. The van der Waals surface area contributed by atoms with Crippen molar-refractivity contribution in [3.05, 3.63) is 28.2 Å². The molecule has 1 amide bonds. The summed E-state index contributed by atoms with van der Waals surface area (Å²) in [5.74, 6) is -1.83. The minimum atomic E-state index is -0.877. The number of carboxylic acids is 1. The molecule has 108 valence electrons. The zero-order chi connectivity index (χ0) is 14.9. The molecule has 1 saturated carbocycles. The van der Waals surface area contributed by atoms with E-state index in [2.05, 4.69) is 21.2 Å². The summed E-state index contributed by atoms with van der Waals surface area (Å²) >= 11 is 3.44. The van der Waals surface area contributed by atoms with Gasteiger partial charge in [0.05, 0.1) is 17.5 Å². The molecular formula is C15H18BrNO3. The molecule has 0 bridgehead atoms. The van der Waals surface area contributed by atoms with Gasteiger partial charge in [-0.3, -0.25) is 9.59 Å². The van der Waals surface area contributed by atoms with E-state index in [1.807, 2.05) is 32.0 Å². The number of hydrogen-bond acceptors (Lipinski definition) is 2. The summed E-state index contributed by atoms with van der Waals surface area (Å²) in [5, 5.41) is 12.1. The molecule has 0 heterocycles. The number of carbonyl (C=O) groups is 2. The molecule has 1 aliphatic carbocycles. The monoisotopic (exact) mass is 339 g/mol. The first-order chi connectivity index (χ1) is 9.40. The van der Waals surface area contributed by atoms with Crippen LogP contribution in [0.15, 0.2) is 22.7 Å². The van der Waals surface area contributed by atoms with E-state index in [0.29, 0.717) is 18.5 Å². The topological polar surface area (TPSA) is 66.4 Å². The van der Waals surface area contributed by atoms with Crippen LogP contribution in [-0.2, 0) is 9.59 Å². The maximum absolute atomic E-state index is 12.3. The lowest BCUT2D eigenvalue weighted by atomic mass is 9.95. The number of nitrogens with one attached hydrogen (secondary N) is 1. The Balaban J connectivity index is 2.15. The van der Waals surface area contributed by atoms with Gasteiger partial charge in [-0.05, 0) is 53.2 Å². The van der Waals surface area contributed by atoms with Crippen molar-refractivity contribution in [3.8, 4) is 0 Å². The van der Waals surface area contributed by atoms with E-state index in [4.69, 9.17) is 0 Å². The first-order valence-electron chi connectivity index (χ1n) is 6.69. The van der Waals surface area contributed by atoms with Crippen molar-refractivity contribution in [1.82, 2.24) is 0 Å². The highest BCUT2D eigenvalue weighted by Gasteiger charge is 2.41. The number of carbonyl (C=O) groups excluding carboxylic acids is 1. The van der Waals surface area contributed by atoms with E-state index in [0.717, 1.165) is 10.0 Å². The van der Waals surface area contributed by atoms with Crippen LogP contribution in [0, 0.1) is 24.7 Å². The van der Waals surface area contributed by atoms with Crippen LogP contribution in [-0.4, -0.2) is 17.0 Å². The highest BCUT2D eigenvalue weighted by Crippen LogP contribution is 2.37. The number of carboxylic acid groups (broad SMARTS) is 1. The molecule has 2 rings (SSSR count). The van der Waals surface area contributed by atoms with E-state index in [9.17, 15) is 14.7 Å². The minimum absolute atomic E-state index is 0.201. The van der Waals surface area contributed by atoms with Crippen molar-refractivity contribution < 1.29 is 14.7 Å². The van der Waals surface area contributed by atoms with Gasteiger partial charge in [0.25, 0.3) is 0 Å². The summed E-state index contributed by atoms with van der Waals surface area (Å²) < 4.78 is 0.839. The zero-order valence-corrected chi connectivity index (χ0v) is 13.1. The van der Waals surface area contributed by atoms with E-state index in [1.54, 1.807) is 0 Å². The molecule has 3 atom stereocenters. The lowest BCUT2D eigenvalue weighted by Gasteiger charge is -2.16. The average molecular weight is 340 g/mol. The first kappa shape index (κ1) is 15.0. The summed E-state index contributed by atoms with van der Waals surface area (Å²) in [6.45, 7) is 3.93. The molecule has 0 radical (unpaired) electrons. The van der Waals surface area contributed by atoms with Crippen molar-refractivity contribution in [1.29, 1.82) is 0 Å². The predicted octanol–water partition coefficient (Wildman–Crippen LogP) is 3.44. The molecule has 0 aliphatic heterocycles. The van der Waals surface area contributed by atoms with E-state index in [-0.39, 0.29) is 11.8 Å². The molecular weight excluding hydrogens is 322 g/mol. The van der Waals surface area contributed by atoms with Gasteiger partial charge in [-0.25, -0.2) is 0 Å². The zero-order valence-electron chi connectivity index (χ0n) is 11.5. The second kappa shape index (κ2) is 5.95. The first-order valence-corrected chi connectivity index (χ1v) is 7.48. The molecule has 5 heteroatoms. The Labute approximate surface area is 126 Å². The smallest absolute Gasteiger partial charge is 0.307 e. The Kier molecular flexibility index (Phi) is 4.48. The van der Waals surface area contributed by atoms with Crippen molar-refractivity contribution >= 4 is 33.5 Å². The molecule has 0 saturated heterocycles. The lowest BCUT2D eigenvalue weighted by molar-refractivity contribution is -0.145. The van der Waals surface area contributed by atoms with Crippen molar-refractivity contribution in [2.75, 3.05) is 5.32 Å². The van der Waals surface area contributed by atoms with Crippen LogP contribution in [0.2, 0.25) is 0 Å². The fourth-order valence-electron chi connectivity index (χ4n) is 2.82. The molecule has 1 unspecified atom stereocenters. The number of aryl methyl sites for hydroxylation is 1. The third-order valence-electron chi connectivity index (χ3n) is 3.90. The third kappa shape index (κ3) is 3.03. The molecule has 0 aromatic heterocycles. The van der Waals surface area contributed by atoms with Crippen LogP contribution in [0.3, 0.4) is 0 Å². The number of rotatable bonds is 3. The van der Waals surface area contributed by atoms with Crippen LogP contribution in [0.1, 0.15) is 25.3 Å². The summed E-state index contributed by atoms with van der Waals surface area (Å²) in [4.78, 5) is 23.6. The van der Waals surface area contributed by atoms with Crippen LogP contribution in [0.5, 0.6) is 0 Å². The third-order valence-corrected chi connectivity index (χ3v) is 4.95. The number of hydrogen-bond donors (Lipinski definition) is 2. The van der Waals surface area contributed by atoms with Crippen molar-refractivity contribution in [2.24, 2.45) is 17.8 Å². The quantitative estimate of drug-likeness (QED) is 0.886. The minimum Gasteiger partial charge on any atom is -0.481 e. The van der Waals surface area contributed by atoms with Gasteiger partial charge >= 0.3 is 5.97 Å². The number of amides is 1. The van der Waals surface area contributed by atoms with Gasteiger partial charge in [0, 0.05) is 4.47 Å². The Bertz CT molecular complexity index is 544. The van der Waals surface area contributed by atoms with Gasteiger partial charge in [0.2, 0.25) is 5.91 Å². The van der Waals surface area contributed by atoms with Crippen molar-refractivity contribution in [2.45, 2.75) is 26.7 Å². The molecule has 1 aliphatic rings. The fraction of sp³-hybridized carbons (Fsp3) is 0.467. The van der Waals surface area contributed by atoms with Gasteiger partial charge < -0.3 is 10.4 Å². The summed E-state index contributed by atoms with van der Waals surface area (Å²) in [6.07, 6.45) is 1.20. The standard InChI is InChI=1S/C15H18BrNO3/c1-8-6-10(11(7-8)15(19)20)14(18)17-12-5-3-4-9(2)13(12)16/h3-5,8,10-11H,6-7H2,1-2H3,(H,17,18)(H,19,20)/t8?,10-,11+/m0/s1. The van der Waals surface area contributed by atoms with Crippen LogP contribution < -0.4 is 5.32 Å². The van der Waals surface area contributed by atoms with E-state index < -0.39 is 17.8 Å². The van der Waals surface area contributed by atoms with Crippen LogP contribution in [0.25, 0.3) is 0 Å². The summed E-state index contributed by atoms with van der Waals surface area (Å²) in [7, 11) is 0. The largest absolute Gasteiger partial charge is 0.481 e. The summed E-state index contributed by atoms with van der Waals surface area (Å²) in [6, 6.07) is 5.61. The predicted molar refractivity (Wildman–Crippen MR) is 80.5 cm³/mol. The van der Waals surface area contributed by atoms with Gasteiger partial charge in [-0.1, -0.05) is 19.1 Å². The van der Waals surface area contributed by atoms with Gasteiger partial charge in [-0.15, -0.1) is 0 Å². The van der Waals surface area contributed by atoms with Crippen LogP contribution >= 0.6 is 15.9 Å². The molecule has 1 aromatic carbocycles. The molecule has 4 nitrogen and oxygen atoms in total. The second-order valence-corrected chi connectivity index (χ2v) is 6.35. The maximum Gasteiger partial charge on any atom is 0.307 e. The summed E-state index contributed by atoms with van der Waals surface area (Å²) in [5.41, 5.74) is 1.72. The van der Waals surface area contributed by atoms with Crippen molar-refractivity contribution in [3.63, 3.8) is 0 Å². The molecule has 1 aromatic rings. The Morgan fingerprint density at radius 1 is 1.30 bits per heavy atom. The Morgan fingerprint density at radius 2 is 1.95 bits per heavy atom. The van der Waals surface area contributed by atoms with E-state index >= 15 is 0 Å². The Hall–Kier alpha value is -1.36. The van der Waals surface area contributed by atoms with Gasteiger partial charge in [0.15, 0.2) is 0 Å². The fourth-order valence-corrected chi connectivity index (χ4v) is 3.19. The average Bonchev–Trinajstić information content (AvgIpc) is 2.77. The number of halogens is 1. The number of aliphatic carboxylic acids is 1. The number of anilines is 1. The highest BCUT2D eigenvalue weighted by molar-refractivity contribution is 9.10. The van der Waals surface area contributed by atoms with Gasteiger partial charge in [-0.2, -0.15) is 0 Å². The maximum atomic E-state index is 12.3. The lowest BCUT2D eigenvalue weighted by Crippen LogP contribution is -2.30. The van der Waals surface area contributed by atoms with E-state index in [1.165, 1.54) is 0 Å². The van der Waals surface area contributed by atoms with Crippen LogP contribution in [0.4, 0.5) is 5.69 Å². The molecule has 2 N–H and O–H groups in total. The highest BCUT2D eigenvalue weighted by atomic mass is 79.9. The normalized spacial score (nSPS) is 25.4. The Morgan fingerprint density at radius 3 is 2.60 bits per heavy atom.